The van der Waals surface area contributed by atoms with E-state index >= 15 is 0 Å². The zero-order chi connectivity index (χ0) is 11.3. The lowest BCUT2D eigenvalue weighted by atomic mass is 10.2. The fraction of sp³-hybridized carbons (Fsp3) is 0.727. The fourth-order valence-corrected chi connectivity index (χ4v) is 2.30. The van der Waals surface area contributed by atoms with Crippen molar-refractivity contribution in [1.29, 1.82) is 0 Å². The third-order valence-corrected chi connectivity index (χ3v) is 3.24. The molecule has 0 aliphatic rings. The van der Waals surface area contributed by atoms with Gasteiger partial charge < -0.3 is 5.32 Å². The molecule has 1 aromatic rings. The lowest BCUT2D eigenvalue weighted by Crippen LogP contribution is -2.06. The van der Waals surface area contributed by atoms with Crippen molar-refractivity contribution in [3.05, 3.63) is 11.3 Å². The average molecular weight is 227 g/mol. The van der Waals surface area contributed by atoms with Crippen LogP contribution < -0.4 is 5.32 Å². The van der Waals surface area contributed by atoms with E-state index in [2.05, 4.69) is 31.2 Å². The number of hydrogen-bond donors (Lipinski definition) is 1. The monoisotopic (exact) mass is 227 g/mol. The highest BCUT2D eigenvalue weighted by Crippen LogP contribution is 2.23. The number of aromatic nitrogens is 2. The Balaban J connectivity index is 2.80. The first-order chi connectivity index (χ1) is 7.20. The summed E-state index contributed by atoms with van der Waals surface area (Å²) in [6.45, 7) is 7.47. The van der Waals surface area contributed by atoms with Crippen molar-refractivity contribution >= 4 is 17.6 Å². The Hall–Kier alpha value is -0.640. The van der Waals surface area contributed by atoms with Crippen molar-refractivity contribution in [2.75, 3.05) is 17.6 Å². The molecular weight excluding hydrogens is 206 g/mol. The number of rotatable bonds is 6. The van der Waals surface area contributed by atoms with E-state index in [0.717, 1.165) is 30.2 Å². The maximum atomic E-state index is 4.46. The number of hydrogen-bond acceptors (Lipinski definition) is 3. The van der Waals surface area contributed by atoms with E-state index in [1.54, 1.807) is 0 Å². The molecule has 0 spiro atoms. The molecule has 0 saturated carbocycles. The molecule has 1 N–H and O–H groups in total. The van der Waals surface area contributed by atoms with Crippen molar-refractivity contribution in [3.63, 3.8) is 0 Å². The molecule has 0 fully saturated rings. The van der Waals surface area contributed by atoms with E-state index in [9.17, 15) is 0 Å². The van der Waals surface area contributed by atoms with Crippen LogP contribution >= 0.6 is 11.8 Å². The van der Waals surface area contributed by atoms with Crippen molar-refractivity contribution in [3.8, 4) is 0 Å². The van der Waals surface area contributed by atoms with Crippen LogP contribution in [0.5, 0.6) is 0 Å². The van der Waals surface area contributed by atoms with E-state index in [-0.39, 0.29) is 0 Å². The highest BCUT2D eigenvalue weighted by atomic mass is 32.2. The Labute approximate surface area is 96.6 Å². The van der Waals surface area contributed by atoms with Gasteiger partial charge in [-0.2, -0.15) is 16.9 Å². The Morgan fingerprint density at radius 1 is 1.40 bits per heavy atom. The summed E-state index contributed by atoms with van der Waals surface area (Å²) in [7, 11) is 2.01. The molecule has 1 rings (SSSR count). The number of nitrogens with one attached hydrogen (secondary N) is 1. The van der Waals surface area contributed by atoms with Crippen LogP contribution in [0.25, 0.3) is 0 Å². The molecule has 0 aliphatic heterocycles. The van der Waals surface area contributed by atoms with Crippen LogP contribution in [0, 0.1) is 6.92 Å². The van der Waals surface area contributed by atoms with Gasteiger partial charge in [-0.15, -0.1) is 0 Å². The molecule has 0 saturated heterocycles. The van der Waals surface area contributed by atoms with E-state index in [1.165, 1.54) is 11.4 Å². The molecule has 1 aromatic heterocycles. The SMILES string of the molecule is CCCNc1c(CSCC)c(C)nn1C. The highest BCUT2D eigenvalue weighted by Gasteiger charge is 2.11. The van der Waals surface area contributed by atoms with Gasteiger partial charge in [0.05, 0.1) is 5.69 Å². The molecule has 3 nitrogen and oxygen atoms in total. The molecule has 0 unspecified atom stereocenters. The van der Waals surface area contributed by atoms with Gasteiger partial charge in [0, 0.05) is 24.9 Å². The standard InChI is InChI=1S/C11H21N3S/c1-5-7-12-11-10(8-15-6-2)9(3)13-14(11)4/h12H,5-8H2,1-4H3. The minimum absolute atomic E-state index is 1.02. The van der Waals surface area contributed by atoms with Crippen LogP contribution in [0.4, 0.5) is 5.82 Å². The number of nitrogens with zero attached hydrogens (tertiary/aromatic N) is 2. The highest BCUT2D eigenvalue weighted by molar-refractivity contribution is 7.98. The molecule has 0 amide bonds. The molecule has 0 radical (unpaired) electrons. The van der Waals surface area contributed by atoms with E-state index < -0.39 is 0 Å². The van der Waals surface area contributed by atoms with Crippen molar-refractivity contribution in [2.45, 2.75) is 32.9 Å². The summed E-state index contributed by atoms with van der Waals surface area (Å²) in [6.07, 6.45) is 1.14. The van der Waals surface area contributed by atoms with Gasteiger partial charge in [-0.3, -0.25) is 4.68 Å². The van der Waals surface area contributed by atoms with Gasteiger partial charge in [-0.25, -0.2) is 0 Å². The Morgan fingerprint density at radius 3 is 2.73 bits per heavy atom. The normalized spacial score (nSPS) is 10.7. The summed E-state index contributed by atoms with van der Waals surface area (Å²) in [5.74, 6) is 3.40. The van der Waals surface area contributed by atoms with Crippen LogP contribution in [0.15, 0.2) is 0 Å². The van der Waals surface area contributed by atoms with Crippen LogP contribution in [0.3, 0.4) is 0 Å². The van der Waals surface area contributed by atoms with Crippen molar-refractivity contribution in [2.24, 2.45) is 7.05 Å². The minimum Gasteiger partial charge on any atom is -0.370 e. The van der Waals surface area contributed by atoms with Gasteiger partial charge in [-0.1, -0.05) is 13.8 Å². The Bertz CT molecular complexity index is 279. The number of thioether (sulfide) groups is 1. The molecular formula is C11H21N3S. The summed E-state index contributed by atoms with van der Waals surface area (Å²) >= 11 is 1.94. The third kappa shape index (κ3) is 3.16. The largest absolute Gasteiger partial charge is 0.370 e. The zero-order valence-electron chi connectivity index (χ0n) is 10.1. The minimum atomic E-state index is 1.02. The second kappa shape index (κ2) is 6.05. The van der Waals surface area contributed by atoms with Gasteiger partial charge in [0.1, 0.15) is 5.82 Å². The van der Waals surface area contributed by atoms with Gasteiger partial charge in [0.25, 0.3) is 0 Å². The third-order valence-electron chi connectivity index (χ3n) is 2.34. The summed E-state index contributed by atoms with van der Waals surface area (Å²) in [6, 6.07) is 0. The molecule has 4 heteroatoms. The zero-order valence-corrected chi connectivity index (χ0v) is 10.9. The molecule has 0 atom stereocenters. The summed E-state index contributed by atoms with van der Waals surface area (Å²) in [5.41, 5.74) is 2.51. The number of aryl methyl sites for hydroxylation is 2. The van der Waals surface area contributed by atoms with Crippen molar-refractivity contribution in [1.82, 2.24) is 9.78 Å². The first-order valence-electron chi connectivity index (χ1n) is 5.54. The van der Waals surface area contributed by atoms with Crippen LogP contribution in [-0.4, -0.2) is 22.1 Å². The topological polar surface area (TPSA) is 29.9 Å². The van der Waals surface area contributed by atoms with Gasteiger partial charge in [0.2, 0.25) is 0 Å². The number of anilines is 1. The predicted octanol–water partition coefficient (Wildman–Crippen LogP) is 2.80. The Kier molecular flexibility index (Phi) is 5.02. The molecule has 86 valence electrons. The second-order valence-corrected chi connectivity index (χ2v) is 4.87. The van der Waals surface area contributed by atoms with Gasteiger partial charge >= 0.3 is 0 Å². The quantitative estimate of drug-likeness (QED) is 0.810. The fourth-order valence-electron chi connectivity index (χ4n) is 1.54. The summed E-state index contributed by atoms with van der Waals surface area (Å²) in [5, 5.41) is 7.91. The first-order valence-corrected chi connectivity index (χ1v) is 6.70. The maximum Gasteiger partial charge on any atom is 0.128 e. The summed E-state index contributed by atoms with van der Waals surface area (Å²) < 4.78 is 1.95. The average Bonchev–Trinajstić information content (AvgIpc) is 2.47. The van der Waals surface area contributed by atoms with Crippen molar-refractivity contribution < 1.29 is 0 Å². The van der Waals surface area contributed by atoms with E-state index in [4.69, 9.17) is 0 Å². The molecule has 15 heavy (non-hydrogen) atoms. The molecule has 1 heterocycles. The summed E-state index contributed by atoms with van der Waals surface area (Å²) in [4.78, 5) is 0. The van der Waals surface area contributed by atoms with Crippen LogP contribution in [0.2, 0.25) is 0 Å². The van der Waals surface area contributed by atoms with Gasteiger partial charge in [0.15, 0.2) is 0 Å². The lowest BCUT2D eigenvalue weighted by molar-refractivity contribution is 0.756. The van der Waals surface area contributed by atoms with Gasteiger partial charge in [-0.05, 0) is 19.1 Å². The first kappa shape index (κ1) is 12.4. The van der Waals surface area contributed by atoms with E-state index in [1.807, 2.05) is 23.5 Å². The van der Waals surface area contributed by atoms with E-state index in [0.29, 0.717) is 0 Å². The molecule has 0 bridgehead atoms. The lowest BCUT2D eigenvalue weighted by Gasteiger charge is -2.08. The van der Waals surface area contributed by atoms with Crippen LogP contribution in [-0.2, 0) is 12.8 Å². The second-order valence-electron chi connectivity index (χ2n) is 3.60. The molecule has 0 aliphatic carbocycles. The molecule has 0 aromatic carbocycles. The predicted molar refractivity (Wildman–Crippen MR) is 68.6 cm³/mol. The Morgan fingerprint density at radius 2 is 2.13 bits per heavy atom. The van der Waals surface area contributed by atoms with Crippen LogP contribution in [0.1, 0.15) is 31.5 Å². The maximum absolute atomic E-state index is 4.46. The smallest absolute Gasteiger partial charge is 0.128 e.